The van der Waals surface area contributed by atoms with E-state index >= 15 is 0 Å². The van der Waals surface area contributed by atoms with Crippen LogP contribution in [0.1, 0.15) is 26.5 Å². The second kappa shape index (κ2) is 9.03. The minimum Gasteiger partial charge on any atom is -0.450 e. The average molecular weight is 396 g/mol. The molecule has 150 valence electrons. The third kappa shape index (κ3) is 4.61. The first kappa shape index (κ1) is 20.1. The van der Waals surface area contributed by atoms with Gasteiger partial charge in [0.25, 0.3) is 11.8 Å². The summed E-state index contributed by atoms with van der Waals surface area (Å²) in [5.41, 5.74) is 2.04. The lowest BCUT2D eigenvalue weighted by Gasteiger charge is -2.07. The quantitative estimate of drug-likeness (QED) is 0.595. The van der Waals surface area contributed by atoms with Gasteiger partial charge in [0.15, 0.2) is 6.61 Å². The summed E-state index contributed by atoms with van der Waals surface area (Å²) in [7, 11) is 3.05. The van der Waals surface area contributed by atoms with Crippen LogP contribution in [0.2, 0.25) is 0 Å². The SMILES string of the molecule is CNC(=O)c1ccc(NC(=O)COC(=O)c2oc3ccccc3c2COC)cc1. The summed E-state index contributed by atoms with van der Waals surface area (Å²) in [6.07, 6.45) is 0. The van der Waals surface area contributed by atoms with Crippen molar-refractivity contribution in [3.63, 3.8) is 0 Å². The summed E-state index contributed by atoms with van der Waals surface area (Å²) in [6.45, 7) is -0.315. The number of hydrogen-bond acceptors (Lipinski definition) is 6. The average Bonchev–Trinajstić information content (AvgIpc) is 3.11. The van der Waals surface area contributed by atoms with Crippen molar-refractivity contribution in [2.75, 3.05) is 26.1 Å². The number of nitrogens with one attached hydrogen (secondary N) is 2. The molecule has 0 spiro atoms. The molecule has 0 atom stereocenters. The highest BCUT2D eigenvalue weighted by atomic mass is 16.5. The highest BCUT2D eigenvalue weighted by Crippen LogP contribution is 2.27. The highest BCUT2D eigenvalue weighted by Gasteiger charge is 2.22. The van der Waals surface area contributed by atoms with E-state index in [1.54, 1.807) is 36.4 Å². The second-order valence-electron chi connectivity index (χ2n) is 6.12. The molecule has 2 aromatic carbocycles. The maximum absolute atomic E-state index is 12.4. The maximum atomic E-state index is 12.4. The number of rotatable bonds is 7. The van der Waals surface area contributed by atoms with Gasteiger partial charge in [-0.2, -0.15) is 0 Å². The van der Waals surface area contributed by atoms with Gasteiger partial charge in [-0.05, 0) is 30.3 Å². The molecule has 2 amide bonds. The second-order valence-corrected chi connectivity index (χ2v) is 6.12. The van der Waals surface area contributed by atoms with Crippen molar-refractivity contribution in [2.24, 2.45) is 0 Å². The normalized spacial score (nSPS) is 10.6. The summed E-state index contributed by atoms with van der Waals surface area (Å²) >= 11 is 0. The van der Waals surface area contributed by atoms with Crippen LogP contribution in [0.25, 0.3) is 11.0 Å². The third-order valence-electron chi connectivity index (χ3n) is 4.16. The first-order chi connectivity index (χ1) is 14.0. The number of carbonyl (C=O) groups excluding carboxylic acids is 3. The van der Waals surface area contributed by atoms with Gasteiger partial charge >= 0.3 is 5.97 Å². The minimum atomic E-state index is -0.752. The Morgan fingerprint density at radius 2 is 1.76 bits per heavy atom. The Balaban J connectivity index is 1.63. The van der Waals surface area contributed by atoms with Crippen LogP contribution < -0.4 is 10.6 Å². The third-order valence-corrected chi connectivity index (χ3v) is 4.16. The smallest absolute Gasteiger partial charge is 0.375 e. The molecule has 0 aliphatic heterocycles. The largest absolute Gasteiger partial charge is 0.450 e. The van der Waals surface area contributed by atoms with Gasteiger partial charge in [0.1, 0.15) is 5.58 Å². The van der Waals surface area contributed by atoms with Gasteiger partial charge in [0.05, 0.1) is 6.61 Å². The number of esters is 1. The summed E-state index contributed by atoms with van der Waals surface area (Å²) in [5.74, 6) is -1.49. The number of benzene rings is 2. The summed E-state index contributed by atoms with van der Waals surface area (Å²) in [5, 5.41) is 5.86. The summed E-state index contributed by atoms with van der Waals surface area (Å²) in [6, 6.07) is 13.5. The molecule has 29 heavy (non-hydrogen) atoms. The Bertz CT molecular complexity index is 1040. The molecular weight excluding hydrogens is 376 g/mol. The van der Waals surface area contributed by atoms with E-state index in [9.17, 15) is 14.4 Å². The molecular formula is C21H20N2O6. The number of ether oxygens (including phenoxy) is 2. The number of para-hydroxylation sites is 1. The van der Waals surface area contributed by atoms with Gasteiger partial charge in [0, 0.05) is 36.4 Å². The zero-order valence-electron chi connectivity index (χ0n) is 16.0. The van der Waals surface area contributed by atoms with Crippen molar-refractivity contribution in [3.8, 4) is 0 Å². The van der Waals surface area contributed by atoms with E-state index in [4.69, 9.17) is 13.9 Å². The number of fused-ring (bicyclic) bond motifs is 1. The van der Waals surface area contributed by atoms with Crippen molar-refractivity contribution < 1.29 is 28.3 Å². The van der Waals surface area contributed by atoms with E-state index in [0.717, 1.165) is 5.39 Å². The molecule has 0 aliphatic rings. The number of hydrogen-bond donors (Lipinski definition) is 2. The lowest BCUT2D eigenvalue weighted by molar-refractivity contribution is -0.119. The van der Waals surface area contributed by atoms with E-state index in [2.05, 4.69) is 10.6 Å². The van der Waals surface area contributed by atoms with Gasteiger partial charge in [-0.1, -0.05) is 18.2 Å². The standard InChI is InChI=1S/C21H20N2O6/c1-22-20(25)13-7-9-14(10-8-13)23-18(24)12-28-21(26)19-16(11-27-2)15-5-3-4-6-17(15)29-19/h3-10H,11-12H2,1-2H3,(H,22,25)(H,23,24). The fourth-order valence-electron chi connectivity index (χ4n) is 2.79. The van der Waals surface area contributed by atoms with Crippen LogP contribution in [-0.2, 0) is 20.9 Å². The van der Waals surface area contributed by atoms with Crippen molar-refractivity contribution in [2.45, 2.75) is 6.61 Å². The molecule has 0 fully saturated rings. The number of furan rings is 1. The van der Waals surface area contributed by atoms with Crippen LogP contribution >= 0.6 is 0 Å². The predicted molar refractivity (Wildman–Crippen MR) is 106 cm³/mol. The first-order valence-electron chi connectivity index (χ1n) is 8.82. The van der Waals surface area contributed by atoms with Crippen molar-refractivity contribution >= 4 is 34.4 Å². The van der Waals surface area contributed by atoms with E-state index in [0.29, 0.717) is 22.4 Å². The molecule has 8 heteroatoms. The molecule has 3 aromatic rings. The van der Waals surface area contributed by atoms with Gasteiger partial charge in [0.2, 0.25) is 5.76 Å². The fourth-order valence-corrected chi connectivity index (χ4v) is 2.79. The Kier molecular flexibility index (Phi) is 6.25. The Hall–Kier alpha value is -3.65. The summed E-state index contributed by atoms with van der Waals surface area (Å²) in [4.78, 5) is 36.0. The molecule has 0 unspecified atom stereocenters. The summed E-state index contributed by atoms with van der Waals surface area (Å²) < 4.78 is 15.8. The lowest BCUT2D eigenvalue weighted by Crippen LogP contribution is -2.21. The van der Waals surface area contributed by atoms with Crippen molar-refractivity contribution in [1.82, 2.24) is 5.32 Å². The van der Waals surface area contributed by atoms with E-state index < -0.39 is 18.5 Å². The van der Waals surface area contributed by atoms with Crippen molar-refractivity contribution in [1.29, 1.82) is 0 Å². The van der Waals surface area contributed by atoms with E-state index in [1.807, 2.05) is 12.1 Å². The van der Waals surface area contributed by atoms with Crippen LogP contribution in [0.3, 0.4) is 0 Å². The molecule has 0 bridgehead atoms. The predicted octanol–water partition coefficient (Wildman–Crippen LogP) is 2.73. The van der Waals surface area contributed by atoms with Crippen LogP contribution in [0, 0.1) is 0 Å². The number of amides is 2. The number of methoxy groups -OCH3 is 1. The maximum Gasteiger partial charge on any atom is 0.375 e. The minimum absolute atomic E-state index is 0.00998. The zero-order valence-corrected chi connectivity index (χ0v) is 16.0. The molecule has 0 saturated heterocycles. The van der Waals surface area contributed by atoms with Crippen LogP contribution in [0.5, 0.6) is 0 Å². The highest BCUT2D eigenvalue weighted by molar-refractivity contribution is 5.99. The van der Waals surface area contributed by atoms with Crippen molar-refractivity contribution in [3.05, 3.63) is 65.4 Å². The molecule has 2 N–H and O–H groups in total. The van der Waals surface area contributed by atoms with Gasteiger partial charge < -0.3 is 24.5 Å². The molecule has 0 radical (unpaired) electrons. The topological polar surface area (TPSA) is 107 Å². The van der Waals surface area contributed by atoms with Crippen LogP contribution in [0.15, 0.2) is 52.9 Å². The molecule has 3 rings (SSSR count). The Morgan fingerprint density at radius 1 is 1.03 bits per heavy atom. The van der Waals surface area contributed by atoms with E-state index in [-0.39, 0.29) is 18.3 Å². The molecule has 0 aliphatic carbocycles. The van der Waals surface area contributed by atoms with Gasteiger partial charge in [-0.25, -0.2) is 4.79 Å². The molecule has 1 aromatic heterocycles. The first-order valence-corrected chi connectivity index (χ1v) is 8.82. The lowest BCUT2D eigenvalue weighted by atomic mass is 10.1. The van der Waals surface area contributed by atoms with Crippen LogP contribution in [0.4, 0.5) is 5.69 Å². The zero-order chi connectivity index (χ0) is 20.8. The van der Waals surface area contributed by atoms with Gasteiger partial charge in [-0.15, -0.1) is 0 Å². The number of carbonyl (C=O) groups is 3. The monoisotopic (exact) mass is 396 g/mol. The van der Waals surface area contributed by atoms with Gasteiger partial charge in [-0.3, -0.25) is 9.59 Å². The molecule has 1 heterocycles. The van der Waals surface area contributed by atoms with Crippen LogP contribution in [-0.4, -0.2) is 38.5 Å². The molecule has 0 saturated carbocycles. The van der Waals surface area contributed by atoms with E-state index in [1.165, 1.54) is 14.2 Å². The fraction of sp³-hybridized carbons (Fsp3) is 0.190. The Labute approximate surface area is 166 Å². The number of anilines is 1. The molecule has 8 nitrogen and oxygen atoms in total. The Morgan fingerprint density at radius 3 is 2.45 bits per heavy atom.